The van der Waals surface area contributed by atoms with Crippen LogP contribution in [0.3, 0.4) is 0 Å². The fourth-order valence-electron chi connectivity index (χ4n) is 20.7. The predicted octanol–water partition coefficient (Wildman–Crippen LogP) is 20.0. The van der Waals surface area contributed by atoms with Gasteiger partial charge in [0.15, 0.2) is 15.6 Å². The van der Waals surface area contributed by atoms with E-state index in [2.05, 4.69) is 77.4 Å². The number of aromatic nitrogens is 9. The third-order valence-electron chi connectivity index (χ3n) is 27.1. The maximum atomic E-state index is 13.4. The molecule has 23 heteroatoms. The molecular weight excluding hydrogens is 1550 g/mol. The lowest BCUT2D eigenvalue weighted by Crippen LogP contribution is -2.42. The number of rotatable bonds is 14. The van der Waals surface area contributed by atoms with Gasteiger partial charge in [0.05, 0.1) is 92.7 Å². The van der Waals surface area contributed by atoms with Crippen molar-refractivity contribution >= 4 is 51.3 Å². The largest absolute Gasteiger partial charge is 0.392 e. The van der Waals surface area contributed by atoms with E-state index >= 15 is 0 Å². The Labute approximate surface area is 691 Å². The van der Waals surface area contributed by atoms with E-state index in [4.69, 9.17) is 0 Å². The van der Waals surface area contributed by atoms with Gasteiger partial charge in [0.2, 0.25) is 0 Å². The van der Waals surface area contributed by atoms with Crippen LogP contribution in [0.5, 0.6) is 0 Å². The van der Waals surface area contributed by atoms with E-state index in [1.165, 1.54) is 112 Å². The normalized spacial score (nSPS) is 23.9. The van der Waals surface area contributed by atoms with Gasteiger partial charge in [-0.15, -0.1) is 11.3 Å². The number of nitrogens with zero attached hydrogens (tertiary/aromatic N) is 9. The first-order chi connectivity index (χ1) is 57.1. The molecule has 4 fully saturated rings. The number of Topliss-reactive ketones (excluding diaryl/α,β-unsaturated/α-hetero) is 1. The zero-order chi connectivity index (χ0) is 83.1. The number of carbonyl (C=O) groups excluding carboxylic acids is 1. The summed E-state index contributed by atoms with van der Waals surface area (Å²) in [5, 5.41) is 54.5. The minimum absolute atomic E-state index is 0.00373. The standard InChI is InChI=1S/C25H24F2N2O.C25H25FN2O3S.C24H20F2N2O.C22H22FN3OS/c1-24-14-16-15-28-29(21-10-8-20(27)9-11-21)22(16)13-18(24)5-12-23(24)25(2,30)17-3-6-19(26)7-4-17;1-25-14-17-15-27-28(20-10-8-19(26)9-11-20)23(17)13-18(25)7-12-22(25)24(29)16-32(30,31)21-5-3-2-4-6-21;1-24-13-16-14-27-28(20-9-7-19(26)8-10-20)22(16)12-17(24)4-11-21(24)23(29)15-2-5-18(25)6-3-15;1-22-12-14-13-25-26(17-7-5-16(23)6-8-17)19(14)11-15(22)3-2-4-18(22)20(27)21-24-9-10-28-21/h3-4,6-11,13,15,23,30H,5,12,14H2,1-2H3;2-6,8-11,13,15,22,24,29H,7,12,14,16H2,1H3;2-3,5-10,12,14,21H,4,11,13H2,1H3;5-11,13,18,20,27H,2-4,12H2,1H3/t23-,24-,25?;22-,24+,25+;21-,24+;18-,20-,22+/m0111/s1. The molecule has 7 aromatic carbocycles. The summed E-state index contributed by atoms with van der Waals surface area (Å²) in [6.45, 7) is 10.6. The van der Waals surface area contributed by atoms with Crippen LogP contribution in [0.1, 0.15) is 164 Å². The minimum atomic E-state index is -3.57. The number of halogens is 6. The number of aliphatic hydroxyl groups is 3. The Morgan fingerprint density at radius 1 is 0.479 bits per heavy atom. The first kappa shape index (κ1) is 80.5. The van der Waals surface area contributed by atoms with Crippen LogP contribution in [0, 0.1) is 80.2 Å². The first-order valence-electron chi connectivity index (χ1n) is 40.6. The van der Waals surface area contributed by atoms with Gasteiger partial charge in [-0.25, -0.2) is 58.5 Å². The number of sulfone groups is 1. The van der Waals surface area contributed by atoms with E-state index in [1.54, 1.807) is 109 Å². The van der Waals surface area contributed by atoms with Crippen molar-refractivity contribution in [2.24, 2.45) is 45.3 Å². The second kappa shape index (κ2) is 31.6. The molecule has 5 aromatic heterocycles. The fraction of sp³-hybridized carbons (Fsp3) is 0.312. The van der Waals surface area contributed by atoms with Gasteiger partial charge in [-0.3, -0.25) is 4.79 Å². The highest BCUT2D eigenvalue weighted by Gasteiger charge is 2.55. The summed E-state index contributed by atoms with van der Waals surface area (Å²) in [5.74, 6) is -2.09. The summed E-state index contributed by atoms with van der Waals surface area (Å²) >= 11 is 1.52. The molecule has 15 nitrogen and oxygen atoms in total. The van der Waals surface area contributed by atoms with Crippen LogP contribution in [0.4, 0.5) is 26.3 Å². The molecule has 8 aliphatic carbocycles. The Morgan fingerprint density at radius 3 is 1.30 bits per heavy atom. The average molecular weight is 1640 g/mol. The number of hydrogen-bond donors (Lipinski definition) is 3. The lowest BCUT2D eigenvalue weighted by molar-refractivity contribution is -0.0431. The molecule has 12 aromatic rings. The molecule has 3 N–H and O–H groups in total. The van der Waals surface area contributed by atoms with Crippen molar-refractivity contribution in [3.63, 3.8) is 0 Å². The maximum Gasteiger partial charge on any atom is 0.180 e. The summed E-state index contributed by atoms with van der Waals surface area (Å²) in [5.41, 5.74) is 16.2. The van der Waals surface area contributed by atoms with Crippen molar-refractivity contribution in [3.05, 3.63) is 331 Å². The van der Waals surface area contributed by atoms with Crippen molar-refractivity contribution in [1.82, 2.24) is 44.1 Å². The third-order valence-corrected chi connectivity index (χ3v) is 29.7. The zero-order valence-electron chi connectivity index (χ0n) is 66.6. The van der Waals surface area contributed by atoms with Crippen LogP contribution in [0.25, 0.3) is 47.1 Å². The van der Waals surface area contributed by atoms with Crippen LogP contribution >= 0.6 is 11.3 Å². The quantitative estimate of drug-likeness (QED) is 0.0692. The van der Waals surface area contributed by atoms with Crippen LogP contribution in [0.15, 0.2) is 239 Å². The summed E-state index contributed by atoms with van der Waals surface area (Å²) in [4.78, 5) is 17.8. The van der Waals surface area contributed by atoms with E-state index < -0.39 is 27.6 Å². The van der Waals surface area contributed by atoms with Gasteiger partial charge in [-0.2, -0.15) is 20.4 Å². The first-order valence-corrected chi connectivity index (χ1v) is 43.1. The van der Waals surface area contributed by atoms with E-state index in [0.29, 0.717) is 12.0 Å². The molecule has 0 amide bonds. The second-order valence-electron chi connectivity index (χ2n) is 34.2. The summed E-state index contributed by atoms with van der Waals surface area (Å²) in [6, 6.07) is 45.6. The smallest absolute Gasteiger partial charge is 0.180 e. The highest BCUT2D eigenvalue weighted by atomic mass is 32.2. The van der Waals surface area contributed by atoms with E-state index in [1.807, 2.05) is 55.8 Å². The lowest BCUT2D eigenvalue weighted by Gasteiger charge is -2.47. The molecule has 0 aliphatic heterocycles. The zero-order valence-corrected chi connectivity index (χ0v) is 68.2. The molecule has 5 heterocycles. The van der Waals surface area contributed by atoms with Crippen LogP contribution in [0.2, 0.25) is 0 Å². The number of carbonyl (C=O) groups is 1. The number of hydrogen-bond acceptors (Lipinski definition) is 12. The Bertz CT molecular complexity index is 6040. The Hall–Kier alpha value is -11.0. The molecule has 0 bridgehead atoms. The van der Waals surface area contributed by atoms with Gasteiger partial charge >= 0.3 is 0 Å². The average Bonchev–Trinajstić information content (AvgIpc) is 1.66. The highest BCUT2D eigenvalue weighted by Crippen LogP contribution is 2.61. The molecule has 4 saturated carbocycles. The molecule has 0 spiro atoms. The molecule has 610 valence electrons. The fourth-order valence-corrected chi connectivity index (χ4v) is 22.8. The second-order valence-corrected chi connectivity index (χ2v) is 37.1. The van der Waals surface area contributed by atoms with E-state index in [0.717, 1.165) is 150 Å². The molecule has 1 unspecified atom stereocenters. The minimum Gasteiger partial charge on any atom is -0.392 e. The van der Waals surface area contributed by atoms with Gasteiger partial charge in [0, 0.05) is 40.3 Å². The van der Waals surface area contributed by atoms with Crippen LogP contribution < -0.4 is 0 Å². The van der Waals surface area contributed by atoms with Gasteiger partial charge in [-0.1, -0.05) is 80.3 Å². The van der Waals surface area contributed by atoms with Crippen molar-refractivity contribution in [1.29, 1.82) is 0 Å². The SMILES string of the molecule is CC(O)(c1ccc(F)cc1)[C@H]1CCC2=Cc3c(cnn3-c3ccc(F)cc3)C[C@@]21C.C[C@]12Cc3cnn(-c4ccc(F)cc4)c3C=C1CCC[C@@H]2[C@@H](O)c1nccs1.C[C@]12Cc3cnn(-c4ccc(F)cc4)c3C=C1CC[C@@H]2C(=O)c1ccc(F)cc1.C[C@]12Cc3cnn(-c4ccc(F)cc4)c3C=C1CC[C@@H]2[C@@H](O)CS(=O)(=O)c1ccccc1. The number of allylic oxidation sites excluding steroid dienone is 4. The Kier molecular flexibility index (Phi) is 21.4. The van der Waals surface area contributed by atoms with E-state index in [9.17, 15) is 54.9 Å². The highest BCUT2D eigenvalue weighted by molar-refractivity contribution is 7.91. The predicted molar refractivity (Wildman–Crippen MR) is 447 cm³/mol. The molecule has 0 radical (unpaired) electrons. The van der Waals surface area contributed by atoms with Gasteiger partial charge in [-0.05, 0) is 310 Å². The molecule has 11 atom stereocenters. The Balaban J connectivity index is 0.000000114. The number of benzene rings is 7. The van der Waals surface area contributed by atoms with Gasteiger partial charge in [0.1, 0.15) is 46.0 Å². The summed E-state index contributed by atoms with van der Waals surface area (Å²) in [6.07, 6.45) is 27.5. The van der Waals surface area contributed by atoms with Crippen molar-refractivity contribution in [3.8, 4) is 22.7 Å². The van der Waals surface area contributed by atoms with Gasteiger partial charge < -0.3 is 15.3 Å². The van der Waals surface area contributed by atoms with Crippen molar-refractivity contribution in [2.75, 3.05) is 5.75 Å². The monoisotopic (exact) mass is 1640 g/mol. The number of aliphatic hydroxyl groups excluding tert-OH is 2. The summed E-state index contributed by atoms with van der Waals surface area (Å²) < 4.78 is 113. The molecule has 119 heavy (non-hydrogen) atoms. The Morgan fingerprint density at radius 2 is 0.857 bits per heavy atom. The molecule has 8 aliphatic rings. The molecule has 0 saturated heterocycles. The molecular formula is C96H91F6N9O6S2. The van der Waals surface area contributed by atoms with Crippen molar-refractivity contribution < 1.29 is 54.9 Å². The maximum absolute atomic E-state index is 13.4. The van der Waals surface area contributed by atoms with Gasteiger partial charge in [0.25, 0.3) is 0 Å². The van der Waals surface area contributed by atoms with Crippen LogP contribution in [-0.4, -0.2) is 85.5 Å². The topological polar surface area (TPSA) is 196 Å². The number of ketones is 1. The van der Waals surface area contributed by atoms with Crippen LogP contribution in [-0.2, 0) is 41.1 Å². The number of fused-ring (bicyclic) bond motifs is 8. The lowest BCUT2D eigenvalue weighted by atomic mass is 9.58. The third kappa shape index (κ3) is 15.1. The van der Waals surface area contributed by atoms with Crippen molar-refractivity contribution in [2.45, 2.75) is 141 Å². The number of thiazole rings is 1. The summed E-state index contributed by atoms with van der Waals surface area (Å²) in [7, 11) is -3.57. The molecule has 20 rings (SSSR count). The van der Waals surface area contributed by atoms with E-state index in [-0.39, 0.29) is 96.7 Å².